The Labute approximate surface area is 116 Å². The van der Waals surface area contributed by atoms with Crippen LogP contribution in [0, 0.1) is 0 Å². The van der Waals surface area contributed by atoms with Crippen molar-refractivity contribution in [2.45, 2.75) is 26.2 Å². The van der Waals surface area contributed by atoms with Crippen molar-refractivity contribution in [3.8, 4) is 0 Å². The number of ketones is 1. The molecule has 0 saturated heterocycles. The molecule has 19 heavy (non-hydrogen) atoms. The predicted molar refractivity (Wildman–Crippen MR) is 77.8 cm³/mol. The predicted octanol–water partition coefficient (Wildman–Crippen LogP) is 3.37. The van der Waals surface area contributed by atoms with Gasteiger partial charge in [-0.1, -0.05) is 37.2 Å². The van der Waals surface area contributed by atoms with E-state index in [0.717, 1.165) is 18.1 Å². The normalized spacial score (nSPS) is 10.4. The average molecular weight is 275 g/mol. The van der Waals surface area contributed by atoms with Gasteiger partial charge in [-0.05, 0) is 18.6 Å². The maximum absolute atomic E-state index is 12.1. The minimum Gasteiger partial charge on any atom is -0.362 e. The van der Waals surface area contributed by atoms with E-state index in [1.165, 1.54) is 24.2 Å². The van der Waals surface area contributed by atoms with Gasteiger partial charge < -0.3 is 5.32 Å². The fourth-order valence-corrected chi connectivity index (χ4v) is 2.45. The maximum Gasteiger partial charge on any atom is 0.222 e. The average Bonchev–Trinajstić information content (AvgIpc) is 2.92. The van der Waals surface area contributed by atoms with Crippen molar-refractivity contribution in [3.05, 3.63) is 41.2 Å². The summed E-state index contributed by atoms with van der Waals surface area (Å²) in [5, 5.41) is 4.04. The second kappa shape index (κ2) is 6.99. The number of thiazole rings is 1. The fourth-order valence-electron chi connectivity index (χ4n) is 1.65. The number of carbonyl (C=O) groups excluding carboxylic acids is 1. The topological polar surface area (TPSA) is 54.9 Å². The molecular formula is C14H17N3OS. The second-order valence-electron chi connectivity index (χ2n) is 4.21. The van der Waals surface area contributed by atoms with Crippen LogP contribution in [0.5, 0.6) is 0 Å². The molecule has 0 spiro atoms. The van der Waals surface area contributed by atoms with Crippen LogP contribution in [0.1, 0.15) is 41.6 Å². The van der Waals surface area contributed by atoms with Crippen LogP contribution in [0.4, 0.5) is 5.13 Å². The number of hydrogen-bond donors (Lipinski definition) is 1. The molecule has 2 aromatic heterocycles. The van der Waals surface area contributed by atoms with Gasteiger partial charge in [0.25, 0.3) is 0 Å². The van der Waals surface area contributed by atoms with Crippen molar-refractivity contribution in [3.63, 3.8) is 0 Å². The van der Waals surface area contributed by atoms with Crippen LogP contribution >= 0.6 is 11.3 Å². The summed E-state index contributed by atoms with van der Waals surface area (Å²) in [7, 11) is 0. The van der Waals surface area contributed by atoms with Crippen LogP contribution in [0.2, 0.25) is 0 Å². The molecule has 0 radical (unpaired) electrons. The number of nitrogens with zero attached hydrogens (tertiary/aromatic N) is 2. The van der Waals surface area contributed by atoms with Crippen molar-refractivity contribution in [2.75, 3.05) is 11.9 Å². The second-order valence-corrected chi connectivity index (χ2v) is 5.24. The number of rotatable bonds is 7. The molecule has 1 N–H and O–H groups in total. The zero-order chi connectivity index (χ0) is 13.5. The molecule has 0 saturated carbocycles. The Balaban J connectivity index is 1.95. The van der Waals surface area contributed by atoms with Gasteiger partial charge in [0.2, 0.25) is 5.78 Å². The lowest BCUT2D eigenvalue weighted by molar-refractivity contribution is 0.103. The first-order valence-corrected chi connectivity index (χ1v) is 7.28. The summed E-state index contributed by atoms with van der Waals surface area (Å²) in [6, 6.07) is 5.33. The summed E-state index contributed by atoms with van der Waals surface area (Å²) >= 11 is 1.38. The number of anilines is 1. The van der Waals surface area contributed by atoms with E-state index in [0.29, 0.717) is 10.6 Å². The molecule has 0 amide bonds. The van der Waals surface area contributed by atoms with Crippen molar-refractivity contribution in [1.29, 1.82) is 0 Å². The third-order valence-corrected chi connectivity index (χ3v) is 3.64. The lowest BCUT2D eigenvalue weighted by atomic mass is 10.2. The number of hydrogen-bond acceptors (Lipinski definition) is 5. The van der Waals surface area contributed by atoms with E-state index in [-0.39, 0.29) is 5.78 Å². The van der Waals surface area contributed by atoms with Crippen LogP contribution in [0.15, 0.2) is 30.6 Å². The van der Waals surface area contributed by atoms with Gasteiger partial charge in [0, 0.05) is 12.7 Å². The highest BCUT2D eigenvalue weighted by Gasteiger charge is 2.13. The van der Waals surface area contributed by atoms with Crippen LogP contribution < -0.4 is 5.32 Å². The first kappa shape index (κ1) is 13.7. The molecule has 0 fully saturated rings. The monoisotopic (exact) mass is 275 g/mol. The molecule has 100 valence electrons. The Morgan fingerprint density at radius 2 is 2.21 bits per heavy atom. The van der Waals surface area contributed by atoms with E-state index in [9.17, 15) is 4.79 Å². The zero-order valence-electron chi connectivity index (χ0n) is 10.9. The Morgan fingerprint density at radius 3 is 2.95 bits per heavy atom. The molecule has 0 bridgehead atoms. The van der Waals surface area contributed by atoms with Gasteiger partial charge in [0.1, 0.15) is 5.69 Å². The van der Waals surface area contributed by atoms with Gasteiger partial charge in [-0.15, -0.1) is 0 Å². The Kier molecular flexibility index (Phi) is 5.03. The minimum atomic E-state index is -0.0697. The number of nitrogens with one attached hydrogen (secondary N) is 1. The molecule has 0 aliphatic carbocycles. The van der Waals surface area contributed by atoms with Gasteiger partial charge in [-0.25, -0.2) is 4.98 Å². The number of aromatic nitrogens is 2. The Bertz CT molecular complexity index is 524. The van der Waals surface area contributed by atoms with E-state index in [1.54, 1.807) is 24.5 Å². The fraction of sp³-hybridized carbons (Fsp3) is 0.357. The molecule has 2 aromatic rings. The SMILES string of the molecule is CCCCCNc1ncc(C(=O)c2ccccn2)s1. The molecule has 0 unspecified atom stereocenters. The summed E-state index contributed by atoms with van der Waals surface area (Å²) in [5.74, 6) is -0.0697. The zero-order valence-corrected chi connectivity index (χ0v) is 11.7. The van der Waals surface area contributed by atoms with Crippen LogP contribution in [0.3, 0.4) is 0 Å². The van der Waals surface area contributed by atoms with Gasteiger partial charge in [0.15, 0.2) is 5.13 Å². The largest absolute Gasteiger partial charge is 0.362 e. The van der Waals surface area contributed by atoms with Crippen molar-refractivity contribution in [2.24, 2.45) is 0 Å². The maximum atomic E-state index is 12.1. The molecule has 5 heteroatoms. The van der Waals surface area contributed by atoms with Gasteiger partial charge in [-0.2, -0.15) is 0 Å². The van der Waals surface area contributed by atoms with E-state index < -0.39 is 0 Å². The van der Waals surface area contributed by atoms with Crippen LogP contribution in [-0.2, 0) is 0 Å². The summed E-state index contributed by atoms with van der Waals surface area (Å²) < 4.78 is 0. The molecular weight excluding hydrogens is 258 g/mol. The highest BCUT2D eigenvalue weighted by atomic mass is 32.1. The summed E-state index contributed by atoms with van der Waals surface area (Å²) in [6.45, 7) is 3.07. The number of carbonyl (C=O) groups is 1. The molecule has 4 nitrogen and oxygen atoms in total. The quantitative estimate of drug-likeness (QED) is 0.622. The molecule has 0 aliphatic rings. The molecule has 0 atom stereocenters. The minimum absolute atomic E-state index is 0.0697. The highest BCUT2D eigenvalue weighted by Crippen LogP contribution is 2.20. The lowest BCUT2D eigenvalue weighted by Gasteiger charge is -2.00. The van der Waals surface area contributed by atoms with E-state index >= 15 is 0 Å². The third-order valence-electron chi connectivity index (χ3n) is 2.68. The summed E-state index contributed by atoms with van der Waals surface area (Å²) in [6.07, 6.45) is 6.77. The smallest absolute Gasteiger partial charge is 0.222 e. The highest BCUT2D eigenvalue weighted by molar-refractivity contribution is 7.17. The van der Waals surface area contributed by atoms with Crippen molar-refractivity contribution >= 4 is 22.3 Å². The van der Waals surface area contributed by atoms with Gasteiger partial charge in [-0.3, -0.25) is 9.78 Å². The number of pyridine rings is 1. The molecule has 2 rings (SSSR count). The molecule has 0 aromatic carbocycles. The lowest BCUT2D eigenvalue weighted by Crippen LogP contribution is -2.01. The van der Waals surface area contributed by atoms with Crippen LogP contribution in [-0.4, -0.2) is 22.3 Å². The number of unbranched alkanes of at least 4 members (excludes halogenated alkanes) is 2. The summed E-state index contributed by atoms with van der Waals surface area (Å²) in [4.78, 5) is 21.0. The van der Waals surface area contributed by atoms with E-state index in [2.05, 4.69) is 22.2 Å². The Hall–Kier alpha value is -1.75. The first-order chi connectivity index (χ1) is 9.31. The van der Waals surface area contributed by atoms with Crippen LogP contribution in [0.25, 0.3) is 0 Å². The van der Waals surface area contributed by atoms with Gasteiger partial charge >= 0.3 is 0 Å². The first-order valence-electron chi connectivity index (χ1n) is 6.46. The molecule has 0 aliphatic heterocycles. The van der Waals surface area contributed by atoms with E-state index in [1.807, 2.05) is 6.07 Å². The third kappa shape index (κ3) is 3.86. The van der Waals surface area contributed by atoms with Crippen molar-refractivity contribution in [1.82, 2.24) is 9.97 Å². The standard InChI is InChI=1S/C14H17N3OS/c1-2-3-5-9-16-14-17-10-12(19-14)13(18)11-7-4-6-8-15-11/h4,6-8,10H,2-3,5,9H2,1H3,(H,16,17). The van der Waals surface area contributed by atoms with Crippen molar-refractivity contribution < 1.29 is 4.79 Å². The molecule has 2 heterocycles. The Morgan fingerprint density at radius 1 is 1.32 bits per heavy atom. The summed E-state index contributed by atoms with van der Waals surface area (Å²) in [5.41, 5.74) is 0.462. The van der Waals surface area contributed by atoms with Gasteiger partial charge in [0.05, 0.1) is 11.1 Å². The van der Waals surface area contributed by atoms with E-state index in [4.69, 9.17) is 0 Å².